The second-order valence-corrected chi connectivity index (χ2v) is 4.88. The van der Waals surface area contributed by atoms with Crippen LogP contribution in [-0.4, -0.2) is 30.0 Å². The van der Waals surface area contributed by atoms with Crippen LogP contribution in [0.2, 0.25) is 0 Å². The summed E-state index contributed by atoms with van der Waals surface area (Å²) < 4.78 is 11.0. The van der Waals surface area contributed by atoms with E-state index in [1.54, 1.807) is 6.26 Å². The molecule has 0 aromatic carbocycles. The van der Waals surface area contributed by atoms with Crippen molar-refractivity contribution < 1.29 is 14.6 Å². The molecule has 2 atom stereocenters. The molecule has 2 unspecified atom stereocenters. The molecule has 0 radical (unpaired) electrons. The highest BCUT2D eigenvalue weighted by atomic mass is 16.5. The Morgan fingerprint density at radius 3 is 3.06 bits per heavy atom. The summed E-state index contributed by atoms with van der Waals surface area (Å²) in [6.07, 6.45) is 7.57. The molecule has 1 N–H and O–H groups in total. The van der Waals surface area contributed by atoms with Crippen LogP contribution >= 0.6 is 0 Å². The molecule has 2 heterocycles. The second-order valence-electron chi connectivity index (χ2n) is 4.88. The van der Waals surface area contributed by atoms with Crippen molar-refractivity contribution in [2.45, 2.75) is 57.2 Å². The van der Waals surface area contributed by atoms with Crippen LogP contribution < -0.4 is 0 Å². The summed E-state index contributed by atoms with van der Waals surface area (Å²) >= 11 is 0. The first-order valence-corrected chi connectivity index (χ1v) is 6.40. The maximum absolute atomic E-state index is 10.7. The van der Waals surface area contributed by atoms with E-state index >= 15 is 0 Å². The standard InChI is InChI=1S/C13H22O3/c1-2-4-12-9-13(14,6-8-16-12)11-5-3-7-15-10-11/h10,12,14H,2-9H2,1H3. The van der Waals surface area contributed by atoms with E-state index in [4.69, 9.17) is 9.47 Å². The van der Waals surface area contributed by atoms with Gasteiger partial charge in [0.05, 0.1) is 31.2 Å². The minimum atomic E-state index is -0.668. The van der Waals surface area contributed by atoms with Crippen molar-refractivity contribution in [3.8, 4) is 0 Å². The molecule has 2 aliphatic rings. The molecule has 3 heteroatoms. The van der Waals surface area contributed by atoms with Crippen molar-refractivity contribution in [2.75, 3.05) is 13.2 Å². The van der Waals surface area contributed by atoms with E-state index in [-0.39, 0.29) is 6.10 Å². The lowest BCUT2D eigenvalue weighted by Gasteiger charge is -2.39. The normalized spacial score (nSPS) is 35.4. The molecule has 0 amide bonds. The Balaban J connectivity index is 2.02. The minimum Gasteiger partial charge on any atom is -0.501 e. The van der Waals surface area contributed by atoms with E-state index in [0.717, 1.165) is 44.3 Å². The van der Waals surface area contributed by atoms with Gasteiger partial charge >= 0.3 is 0 Å². The molecule has 0 aliphatic carbocycles. The predicted molar refractivity (Wildman–Crippen MR) is 62.1 cm³/mol. The lowest BCUT2D eigenvalue weighted by atomic mass is 9.80. The van der Waals surface area contributed by atoms with E-state index < -0.39 is 5.60 Å². The van der Waals surface area contributed by atoms with Gasteiger partial charge in [0.1, 0.15) is 0 Å². The van der Waals surface area contributed by atoms with Crippen LogP contribution in [0.3, 0.4) is 0 Å². The van der Waals surface area contributed by atoms with Crippen LogP contribution in [0.1, 0.15) is 45.4 Å². The van der Waals surface area contributed by atoms with Gasteiger partial charge in [-0.25, -0.2) is 0 Å². The Bertz CT molecular complexity index is 260. The third-order valence-corrected chi connectivity index (χ3v) is 3.58. The summed E-state index contributed by atoms with van der Waals surface area (Å²) in [4.78, 5) is 0. The topological polar surface area (TPSA) is 38.7 Å². The Labute approximate surface area is 97.4 Å². The highest BCUT2D eigenvalue weighted by Gasteiger charge is 2.38. The van der Waals surface area contributed by atoms with Crippen LogP contribution in [-0.2, 0) is 9.47 Å². The van der Waals surface area contributed by atoms with Gasteiger partial charge < -0.3 is 14.6 Å². The van der Waals surface area contributed by atoms with Crippen LogP contribution in [0.15, 0.2) is 11.8 Å². The molecule has 0 aromatic heterocycles. The maximum Gasteiger partial charge on any atom is 0.0935 e. The van der Waals surface area contributed by atoms with Crippen molar-refractivity contribution in [1.29, 1.82) is 0 Å². The zero-order chi connectivity index (χ0) is 11.4. The monoisotopic (exact) mass is 226 g/mol. The van der Waals surface area contributed by atoms with Crippen molar-refractivity contribution in [3.63, 3.8) is 0 Å². The molecule has 0 spiro atoms. The molecular weight excluding hydrogens is 204 g/mol. The van der Waals surface area contributed by atoms with Gasteiger partial charge in [-0.05, 0) is 24.8 Å². The Kier molecular flexibility index (Phi) is 3.87. The summed E-state index contributed by atoms with van der Waals surface area (Å²) in [5.74, 6) is 0. The number of hydrogen-bond acceptors (Lipinski definition) is 3. The minimum absolute atomic E-state index is 0.214. The zero-order valence-electron chi connectivity index (χ0n) is 10.1. The van der Waals surface area contributed by atoms with Crippen LogP contribution in [0.5, 0.6) is 0 Å². The predicted octanol–water partition coefficient (Wildman–Crippen LogP) is 2.39. The van der Waals surface area contributed by atoms with Crippen molar-refractivity contribution in [1.82, 2.24) is 0 Å². The maximum atomic E-state index is 10.7. The third kappa shape index (κ3) is 2.58. The summed E-state index contributed by atoms with van der Waals surface area (Å²) in [7, 11) is 0. The fraction of sp³-hybridized carbons (Fsp3) is 0.846. The number of hydrogen-bond donors (Lipinski definition) is 1. The van der Waals surface area contributed by atoms with Gasteiger partial charge in [0.15, 0.2) is 0 Å². The van der Waals surface area contributed by atoms with Crippen LogP contribution in [0.25, 0.3) is 0 Å². The first-order chi connectivity index (χ1) is 7.74. The van der Waals surface area contributed by atoms with Gasteiger partial charge in [-0.1, -0.05) is 13.3 Å². The first kappa shape index (κ1) is 11.9. The molecule has 2 rings (SSSR count). The number of rotatable bonds is 3. The van der Waals surface area contributed by atoms with E-state index in [0.29, 0.717) is 13.0 Å². The SMILES string of the molecule is CCCC1CC(O)(C2=COCCC2)CCO1. The lowest BCUT2D eigenvalue weighted by Crippen LogP contribution is -2.43. The van der Waals surface area contributed by atoms with Crippen molar-refractivity contribution in [2.24, 2.45) is 0 Å². The van der Waals surface area contributed by atoms with E-state index in [9.17, 15) is 5.11 Å². The van der Waals surface area contributed by atoms with E-state index in [2.05, 4.69) is 6.92 Å². The molecular formula is C13H22O3. The van der Waals surface area contributed by atoms with Gasteiger partial charge in [0, 0.05) is 12.8 Å². The Morgan fingerprint density at radius 2 is 2.38 bits per heavy atom. The van der Waals surface area contributed by atoms with Crippen LogP contribution in [0, 0.1) is 0 Å². The molecule has 2 aliphatic heterocycles. The summed E-state index contributed by atoms with van der Waals surface area (Å²) in [5.41, 5.74) is 0.404. The molecule has 0 saturated carbocycles. The van der Waals surface area contributed by atoms with Gasteiger partial charge in [-0.15, -0.1) is 0 Å². The molecule has 1 fully saturated rings. The fourth-order valence-corrected chi connectivity index (χ4v) is 2.64. The molecule has 3 nitrogen and oxygen atoms in total. The second kappa shape index (κ2) is 5.19. The molecule has 0 bridgehead atoms. The molecule has 92 valence electrons. The molecule has 16 heavy (non-hydrogen) atoms. The summed E-state index contributed by atoms with van der Waals surface area (Å²) in [5, 5.41) is 10.7. The highest BCUT2D eigenvalue weighted by Crippen LogP contribution is 2.36. The Morgan fingerprint density at radius 1 is 1.50 bits per heavy atom. The van der Waals surface area contributed by atoms with Gasteiger partial charge in [-0.3, -0.25) is 0 Å². The van der Waals surface area contributed by atoms with Gasteiger partial charge in [0.2, 0.25) is 0 Å². The molecule has 1 saturated heterocycles. The lowest BCUT2D eigenvalue weighted by molar-refractivity contribution is -0.0902. The quantitative estimate of drug-likeness (QED) is 0.803. The zero-order valence-corrected chi connectivity index (χ0v) is 10.1. The highest BCUT2D eigenvalue weighted by molar-refractivity contribution is 5.17. The smallest absolute Gasteiger partial charge is 0.0935 e. The molecule has 0 aromatic rings. The van der Waals surface area contributed by atoms with Crippen LogP contribution in [0.4, 0.5) is 0 Å². The van der Waals surface area contributed by atoms with Crippen molar-refractivity contribution in [3.05, 3.63) is 11.8 Å². The largest absolute Gasteiger partial charge is 0.501 e. The van der Waals surface area contributed by atoms with Gasteiger partial charge in [0.25, 0.3) is 0 Å². The Hall–Kier alpha value is -0.540. The number of ether oxygens (including phenoxy) is 2. The third-order valence-electron chi connectivity index (χ3n) is 3.58. The van der Waals surface area contributed by atoms with Crippen molar-refractivity contribution >= 4 is 0 Å². The average Bonchev–Trinajstić information content (AvgIpc) is 2.31. The first-order valence-electron chi connectivity index (χ1n) is 6.40. The van der Waals surface area contributed by atoms with Gasteiger partial charge in [-0.2, -0.15) is 0 Å². The van der Waals surface area contributed by atoms with E-state index in [1.165, 1.54) is 0 Å². The summed E-state index contributed by atoms with van der Waals surface area (Å²) in [6.45, 7) is 3.60. The van der Waals surface area contributed by atoms with E-state index in [1.807, 2.05) is 0 Å². The number of aliphatic hydroxyl groups is 1. The average molecular weight is 226 g/mol. The fourth-order valence-electron chi connectivity index (χ4n) is 2.64. The summed E-state index contributed by atoms with van der Waals surface area (Å²) in [6, 6.07) is 0.